The standard InChI is InChI=1S/C9H14O4.CH6Si/c1-4-9(5-2)6(12-3)7(10)13-8(9)11;1-2/h6H,4-5H2,1-3H3;1-2H3. The Morgan fingerprint density at radius 1 is 1.33 bits per heavy atom. The minimum absolute atomic E-state index is 0.450. The predicted octanol–water partition coefficient (Wildman–Crippen LogP) is 0.291. The van der Waals surface area contributed by atoms with Crippen LogP contribution in [0.1, 0.15) is 26.7 Å². The first-order chi connectivity index (χ1) is 7.12. The topological polar surface area (TPSA) is 52.6 Å². The molecule has 1 saturated heterocycles. The monoisotopic (exact) mass is 232 g/mol. The van der Waals surface area contributed by atoms with Gasteiger partial charge in [-0.05, 0) is 23.1 Å². The van der Waals surface area contributed by atoms with Gasteiger partial charge < -0.3 is 9.47 Å². The number of methoxy groups -OCH3 is 1. The highest BCUT2D eigenvalue weighted by atomic mass is 28.1. The van der Waals surface area contributed by atoms with Crippen molar-refractivity contribution in [2.75, 3.05) is 7.11 Å². The van der Waals surface area contributed by atoms with Crippen LogP contribution < -0.4 is 0 Å². The first-order valence-corrected chi connectivity index (χ1v) is 7.41. The van der Waals surface area contributed by atoms with E-state index in [0.29, 0.717) is 12.8 Å². The van der Waals surface area contributed by atoms with Gasteiger partial charge in [0.05, 0.1) is 0 Å². The van der Waals surface area contributed by atoms with Gasteiger partial charge in [0.1, 0.15) is 5.41 Å². The molecule has 0 radical (unpaired) electrons. The van der Waals surface area contributed by atoms with E-state index in [1.807, 2.05) is 13.8 Å². The van der Waals surface area contributed by atoms with Crippen LogP contribution in [0.25, 0.3) is 0 Å². The van der Waals surface area contributed by atoms with Crippen molar-refractivity contribution in [1.29, 1.82) is 0 Å². The third-order valence-corrected chi connectivity index (χ3v) is 2.81. The molecule has 4 nitrogen and oxygen atoms in total. The van der Waals surface area contributed by atoms with Gasteiger partial charge in [0.15, 0.2) is 6.10 Å². The van der Waals surface area contributed by atoms with E-state index < -0.39 is 23.5 Å². The maximum Gasteiger partial charge on any atom is 0.344 e. The molecule has 1 rings (SSSR count). The lowest BCUT2D eigenvalue weighted by atomic mass is 9.79. The lowest BCUT2D eigenvalue weighted by molar-refractivity contribution is -0.156. The van der Waals surface area contributed by atoms with Crippen molar-refractivity contribution in [2.24, 2.45) is 5.41 Å². The maximum absolute atomic E-state index is 11.4. The molecule has 0 bridgehead atoms. The van der Waals surface area contributed by atoms with Crippen LogP contribution in [0.2, 0.25) is 6.55 Å². The van der Waals surface area contributed by atoms with E-state index in [1.165, 1.54) is 17.4 Å². The highest BCUT2D eigenvalue weighted by Crippen LogP contribution is 2.39. The number of hydrogen-bond acceptors (Lipinski definition) is 4. The highest BCUT2D eigenvalue weighted by Gasteiger charge is 2.55. The van der Waals surface area contributed by atoms with Crippen LogP contribution in [0, 0.1) is 5.41 Å². The molecule has 1 unspecified atom stereocenters. The summed E-state index contributed by atoms with van der Waals surface area (Å²) in [5, 5.41) is 0. The van der Waals surface area contributed by atoms with Gasteiger partial charge in [-0.2, -0.15) is 0 Å². The number of cyclic esters (lactones) is 2. The average Bonchev–Trinajstić information content (AvgIpc) is 2.52. The maximum atomic E-state index is 11.4. The zero-order valence-electron chi connectivity index (χ0n) is 10.1. The summed E-state index contributed by atoms with van der Waals surface area (Å²) in [6.45, 7) is 5.85. The van der Waals surface area contributed by atoms with Crippen LogP contribution in [-0.2, 0) is 19.1 Å². The largest absolute Gasteiger partial charge is 0.391 e. The van der Waals surface area contributed by atoms with Gasteiger partial charge in [0.2, 0.25) is 0 Å². The Hall–Kier alpha value is -0.683. The molecule has 0 aromatic carbocycles. The zero-order valence-corrected chi connectivity index (χ0v) is 12.1. The van der Waals surface area contributed by atoms with Crippen molar-refractivity contribution in [3.8, 4) is 0 Å². The van der Waals surface area contributed by atoms with Crippen molar-refractivity contribution < 1.29 is 19.1 Å². The van der Waals surface area contributed by atoms with Gasteiger partial charge in [-0.15, -0.1) is 0 Å². The van der Waals surface area contributed by atoms with E-state index in [2.05, 4.69) is 11.3 Å². The first-order valence-electron chi connectivity index (χ1n) is 5.41. The van der Waals surface area contributed by atoms with Crippen LogP contribution in [0.3, 0.4) is 0 Å². The summed E-state index contributed by atoms with van der Waals surface area (Å²) < 4.78 is 9.56. The molecule has 1 aliphatic heterocycles. The van der Waals surface area contributed by atoms with E-state index >= 15 is 0 Å². The van der Waals surface area contributed by atoms with Crippen LogP contribution >= 0.6 is 0 Å². The lowest BCUT2D eigenvalue weighted by Crippen LogP contribution is -2.38. The fourth-order valence-corrected chi connectivity index (χ4v) is 1.81. The van der Waals surface area contributed by atoms with Gasteiger partial charge >= 0.3 is 11.9 Å². The van der Waals surface area contributed by atoms with Crippen molar-refractivity contribution >= 4 is 22.2 Å². The first kappa shape index (κ1) is 14.3. The van der Waals surface area contributed by atoms with Gasteiger partial charge in [0.25, 0.3) is 0 Å². The molecule has 15 heavy (non-hydrogen) atoms. The summed E-state index contributed by atoms with van der Waals surface area (Å²) in [5.41, 5.74) is -0.758. The third-order valence-electron chi connectivity index (χ3n) is 2.81. The second kappa shape index (κ2) is 6.02. The van der Waals surface area contributed by atoms with Crippen molar-refractivity contribution in [3.63, 3.8) is 0 Å². The Bertz CT molecular complexity index is 236. The molecule has 1 heterocycles. The third kappa shape index (κ3) is 2.29. The number of ether oxygens (including phenoxy) is 2. The van der Waals surface area contributed by atoms with Gasteiger partial charge in [-0.3, -0.25) is 4.79 Å². The quantitative estimate of drug-likeness (QED) is 0.399. The minimum atomic E-state index is -0.758. The van der Waals surface area contributed by atoms with E-state index in [0.717, 1.165) is 0 Å². The van der Waals surface area contributed by atoms with Gasteiger partial charge in [0, 0.05) is 7.11 Å². The Morgan fingerprint density at radius 2 is 1.80 bits per heavy atom. The Kier molecular flexibility index (Phi) is 5.75. The predicted molar refractivity (Wildman–Crippen MR) is 60.7 cm³/mol. The molecule has 0 saturated carbocycles. The van der Waals surface area contributed by atoms with Gasteiger partial charge in [-0.1, -0.05) is 20.4 Å². The molecule has 1 fully saturated rings. The summed E-state index contributed by atoms with van der Waals surface area (Å²) >= 11 is 0. The van der Waals surface area contributed by atoms with Crippen molar-refractivity contribution in [3.05, 3.63) is 0 Å². The number of rotatable bonds is 3. The summed E-state index contributed by atoms with van der Waals surface area (Å²) in [6.07, 6.45) is 0.397. The molecule has 0 aromatic heterocycles. The number of carbonyl (C=O) groups is 2. The van der Waals surface area contributed by atoms with Crippen LogP contribution in [-0.4, -0.2) is 35.4 Å². The van der Waals surface area contributed by atoms with E-state index in [-0.39, 0.29) is 0 Å². The summed E-state index contributed by atoms with van der Waals surface area (Å²) in [7, 11) is 2.73. The summed E-state index contributed by atoms with van der Waals surface area (Å²) in [6, 6.07) is 0. The van der Waals surface area contributed by atoms with Crippen LogP contribution in [0.15, 0.2) is 0 Å². The van der Waals surface area contributed by atoms with Crippen molar-refractivity contribution in [1.82, 2.24) is 0 Å². The zero-order chi connectivity index (χ0) is 12.1. The molecular formula is C10H20O4Si. The Labute approximate surface area is 93.7 Å². The van der Waals surface area contributed by atoms with E-state index in [4.69, 9.17) is 4.74 Å². The molecule has 1 atom stereocenters. The normalized spacial score (nSPS) is 23.3. The SMILES string of the molecule is CCC1(CC)C(=O)OC(=O)C1OC.C[SiH3]. The molecule has 5 heteroatoms. The molecule has 0 amide bonds. The van der Waals surface area contributed by atoms with Crippen LogP contribution in [0.4, 0.5) is 0 Å². The van der Waals surface area contributed by atoms with Gasteiger partial charge in [-0.25, -0.2) is 4.79 Å². The van der Waals surface area contributed by atoms with E-state index in [1.54, 1.807) is 0 Å². The minimum Gasteiger partial charge on any atom is -0.391 e. The second-order valence-electron chi connectivity index (χ2n) is 3.19. The summed E-state index contributed by atoms with van der Waals surface area (Å²) in [5.74, 6) is -1.01. The van der Waals surface area contributed by atoms with E-state index in [9.17, 15) is 9.59 Å². The second-order valence-corrected chi connectivity index (χ2v) is 3.19. The van der Waals surface area contributed by atoms with Crippen LogP contribution in [0.5, 0.6) is 0 Å². The molecule has 1 aliphatic rings. The number of hydrogen-bond donors (Lipinski definition) is 0. The number of carbonyl (C=O) groups excluding carboxylic acids is 2. The smallest absolute Gasteiger partial charge is 0.344 e. The molecule has 0 spiro atoms. The Morgan fingerprint density at radius 3 is 2.07 bits per heavy atom. The van der Waals surface area contributed by atoms with Crippen molar-refractivity contribution in [2.45, 2.75) is 39.3 Å². The lowest BCUT2D eigenvalue weighted by Gasteiger charge is -2.25. The molecule has 0 aliphatic carbocycles. The average molecular weight is 232 g/mol. The summed E-state index contributed by atoms with van der Waals surface area (Å²) in [4.78, 5) is 22.6. The Balaban J connectivity index is 0.000000921. The molecular weight excluding hydrogens is 212 g/mol. The molecule has 0 aromatic rings. The fraction of sp³-hybridized carbons (Fsp3) is 0.800. The molecule has 88 valence electrons. The fourth-order valence-electron chi connectivity index (χ4n) is 1.81. The molecule has 0 N–H and O–H groups in total. The number of esters is 2. The highest BCUT2D eigenvalue weighted by molar-refractivity contribution is 6.05.